The zero-order chi connectivity index (χ0) is 14.7. The number of halogens is 1. The van der Waals surface area contributed by atoms with Crippen molar-refractivity contribution >= 4 is 21.6 Å². The van der Waals surface area contributed by atoms with Crippen molar-refractivity contribution < 1.29 is 4.74 Å². The molecule has 2 atom stereocenters. The van der Waals surface area contributed by atoms with Gasteiger partial charge in [-0.15, -0.1) is 0 Å². The molecule has 3 rings (SSSR count). The van der Waals surface area contributed by atoms with E-state index in [1.807, 2.05) is 16.9 Å². The molecule has 112 valence electrons. The molecule has 0 aliphatic carbocycles. The number of aromatic nitrogens is 2. The van der Waals surface area contributed by atoms with Gasteiger partial charge in [-0.05, 0) is 31.4 Å². The third-order valence-electron chi connectivity index (χ3n) is 3.80. The zero-order valence-corrected chi connectivity index (χ0v) is 13.7. The molecule has 5 heteroatoms. The van der Waals surface area contributed by atoms with Gasteiger partial charge in [-0.2, -0.15) is 5.10 Å². The van der Waals surface area contributed by atoms with E-state index in [4.69, 9.17) is 4.74 Å². The van der Waals surface area contributed by atoms with Crippen molar-refractivity contribution in [3.63, 3.8) is 0 Å². The van der Waals surface area contributed by atoms with Crippen molar-refractivity contribution in [1.29, 1.82) is 0 Å². The maximum atomic E-state index is 5.64. The lowest BCUT2D eigenvalue weighted by molar-refractivity contribution is 0.0940. The maximum Gasteiger partial charge on any atom is 0.0771 e. The average molecular weight is 350 g/mol. The Morgan fingerprint density at radius 3 is 3.10 bits per heavy atom. The third-order valence-corrected chi connectivity index (χ3v) is 4.53. The molecule has 0 amide bonds. The summed E-state index contributed by atoms with van der Waals surface area (Å²) in [4.78, 5) is 0. The van der Waals surface area contributed by atoms with Crippen LogP contribution in [0.5, 0.6) is 0 Å². The van der Waals surface area contributed by atoms with Gasteiger partial charge >= 0.3 is 0 Å². The minimum atomic E-state index is 0.223. The highest BCUT2D eigenvalue weighted by Crippen LogP contribution is 2.26. The van der Waals surface area contributed by atoms with Gasteiger partial charge in [0.05, 0.1) is 24.5 Å². The van der Waals surface area contributed by atoms with E-state index in [0.717, 1.165) is 36.2 Å². The first-order chi connectivity index (χ1) is 10.2. The molecule has 1 fully saturated rings. The van der Waals surface area contributed by atoms with Gasteiger partial charge < -0.3 is 10.1 Å². The second-order valence-electron chi connectivity index (χ2n) is 5.47. The van der Waals surface area contributed by atoms with Gasteiger partial charge in [0.25, 0.3) is 0 Å². The van der Waals surface area contributed by atoms with Crippen LogP contribution < -0.4 is 5.32 Å². The van der Waals surface area contributed by atoms with Crippen molar-refractivity contribution in [3.05, 3.63) is 46.7 Å². The van der Waals surface area contributed by atoms with Crippen LogP contribution in [-0.4, -0.2) is 22.5 Å². The third kappa shape index (κ3) is 3.66. The summed E-state index contributed by atoms with van der Waals surface area (Å²) in [6, 6.07) is 8.49. The second-order valence-corrected chi connectivity index (χ2v) is 6.33. The Balaban J connectivity index is 1.62. The van der Waals surface area contributed by atoms with Crippen LogP contribution in [0.3, 0.4) is 0 Å². The van der Waals surface area contributed by atoms with E-state index in [-0.39, 0.29) is 6.04 Å². The summed E-state index contributed by atoms with van der Waals surface area (Å²) >= 11 is 3.60. The maximum absolute atomic E-state index is 5.64. The van der Waals surface area contributed by atoms with Gasteiger partial charge in [-0.1, -0.05) is 34.1 Å². The summed E-state index contributed by atoms with van der Waals surface area (Å²) in [5.74, 6) is 0. The molecule has 0 radical (unpaired) electrons. The van der Waals surface area contributed by atoms with Crippen molar-refractivity contribution in [2.24, 2.45) is 0 Å². The van der Waals surface area contributed by atoms with Crippen LogP contribution in [-0.2, 0) is 11.3 Å². The number of rotatable bonds is 5. The summed E-state index contributed by atoms with van der Waals surface area (Å²) < 4.78 is 8.73. The molecule has 2 unspecified atom stereocenters. The van der Waals surface area contributed by atoms with E-state index < -0.39 is 0 Å². The van der Waals surface area contributed by atoms with Crippen LogP contribution >= 0.6 is 15.9 Å². The predicted octanol–water partition coefficient (Wildman–Crippen LogP) is 4.00. The number of nitrogens with one attached hydrogen (secondary N) is 1. The fraction of sp³-hybridized carbons (Fsp3) is 0.438. The highest BCUT2D eigenvalue weighted by molar-refractivity contribution is 9.10. The Bertz CT molecular complexity index is 593. The standard InChI is InChI=1S/C16H20BrN3O/c1-12(15-6-2-3-7-16(15)17)19-13-9-18-20(10-13)11-14-5-4-8-21-14/h2-3,6-7,9-10,12,14,19H,4-5,8,11H2,1H3. The fourth-order valence-electron chi connectivity index (χ4n) is 2.69. The van der Waals surface area contributed by atoms with Crippen LogP contribution in [0.1, 0.15) is 31.4 Å². The Kier molecular flexibility index (Phi) is 4.60. The van der Waals surface area contributed by atoms with Gasteiger partial charge in [-0.25, -0.2) is 0 Å². The highest BCUT2D eigenvalue weighted by Gasteiger charge is 2.16. The Morgan fingerprint density at radius 1 is 1.48 bits per heavy atom. The summed E-state index contributed by atoms with van der Waals surface area (Å²) in [7, 11) is 0. The van der Waals surface area contributed by atoms with E-state index in [0.29, 0.717) is 6.10 Å². The zero-order valence-electron chi connectivity index (χ0n) is 12.1. The predicted molar refractivity (Wildman–Crippen MR) is 87.4 cm³/mol. The van der Waals surface area contributed by atoms with Crippen molar-refractivity contribution in [1.82, 2.24) is 9.78 Å². The van der Waals surface area contributed by atoms with Crippen LogP contribution in [0, 0.1) is 0 Å². The van der Waals surface area contributed by atoms with E-state index in [9.17, 15) is 0 Å². The topological polar surface area (TPSA) is 39.1 Å². The Labute approximate surface area is 133 Å². The number of hydrogen-bond donors (Lipinski definition) is 1. The summed E-state index contributed by atoms with van der Waals surface area (Å²) in [5, 5.41) is 7.90. The Morgan fingerprint density at radius 2 is 2.33 bits per heavy atom. The molecule has 0 bridgehead atoms. The van der Waals surface area contributed by atoms with Gasteiger partial charge in [0, 0.05) is 23.3 Å². The molecule has 21 heavy (non-hydrogen) atoms. The van der Waals surface area contributed by atoms with E-state index in [2.05, 4.69) is 57.7 Å². The average Bonchev–Trinajstić information content (AvgIpc) is 3.12. The smallest absolute Gasteiger partial charge is 0.0771 e. The lowest BCUT2D eigenvalue weighted by Crippen LogP contribution is -2.15. The molecule has 0 saturated carbocycles. The van der Waals surface area contributed by atoms with Crippen molar-refractivity contribution in [3.8, 4) is 0 Å². The minimum Gasteiger partial charge on any atom is -0.376 e. The van der Waals surface area contributed by atoms with Crippen LogP contribution in [0.4, 0.5) is 5.69 Å². The highest BCUT2D eigenvalue weighted by atomic mass is 79.9. The fourth-order valence-corrected chi connectivity index (χ4v) is 3.32. The molecule has 1 N–H and O–H groups in total. The molecule has 1 aromatic carbocycles. The minimum absolute atomic E-state index is 0.223. The van der Waals surface area contributed by atoms with Gasteiger partial charge in [0.15, 0.2) is 0 Å². The lowest BCUT2D eigenvalue weighted by atomic mass is 10.1. The SMILES string of the molecule is CC(Nc1cnn(CC2CCCO2)c1)c1ccccc1Br. The van der Waals surface area contributed by atoms with E-state index >= 15 is 0 Å². The Hall–Kier alpha value is -1.33. The molecular formula is C16H20BrN3O. The molecule has 1 aliphatic heterocycles. The largest absolute Gasteiger partial charge is 0.376 e. The van der Waals surface area contributed by atoms with E-state index in [1.54, 1.807) is 0 Å². The first kappa shape index (κ1) is 14.6. The molecule has 1 saturated heterocycles. The van der Waals surface area contributed by atoms with Gasteiger partial charge in [-0.3, -0.25) is 4.68 Å². The molecular weight excluding hydrogens is 330 g/mol. The monoisotopic (exact) mass is 349 g/mol. The molecule has 2 aromatic rings. The first-order valence-corrected chi connectivity index (χ1v) is 8.16. The van der Waals surface area contributed by atoms with Crippen LogP contribution in [0.2, 0.25) is 0 Å². The molecule has 2 heterocycles. The number of anilines is 1. The molecule has 0 spiro atoms. The summed E-state index contributed by atoms with van der Waals surface area (Å²) in [6.45, 7) is 3.87. The lowest BCUT2D eigenvalue weighted by Gasteiger charge is -2.15. The molecule has 4 nitrogen and oxygen atoms in total. The first-order valence-electron chi connectivity index (χ1n) is 7.37. The quantitative estimate of drug-likeness (QED) is 0.886. The summed E-state index contributed by atoms with van der Waals surface area (Å²) in [6.07, 6.45) is 6.54. The normalized spacial score (nSPS) is 19.6. The number of ether oxygens (including phenoxy) is 1. The number of benzene rings is 1. The van der Waals surface area contributed by atoms with Crippen LogP contribution in [0.15, 0.2) is 41.1 Å². The van der Waals surface area contributed by atoms with Gasteiger partial charge in [0.2, 0.25) is 0 Å². The second kappa shape index (κ2) is 6.62. The molecule has 1 aliphatic rings. The van der Waals surface area contributed by atoms with Crippen molar-refractivity contribution in [2.45, 2.75) is 38.5 Å². The van der Waals surface area contributed by atoms with Crippen molar-refractivity contribution in [2.75, 3.05) is 11.9 Å². The van der Waals surface area contributed by atoms with Crippen LogP contribution in [0.25, 0.3) is 0 Å². The van der Waals surface area contributed by atoms with Gasteiger partial charge in [0.1, 0.15) is 0 Å². The number of nitrogens with zero attached hydrogens (tertiary/aromatic N) is 2. The molecule has 1 aromatic heterocycles. The van der Waals surface area contributed by atoms with E-state index in [1.165, 1.54) is 5.56 Å². The number of hydrogen-bond acceptors (Lipinski definition) is 3. The summed E-state index contributed by atoms with van der Waals surface area (Å²) in [5.41, 5.74) is 2.28.